The molecule has 0 saturated carbocycles. The van der Waals surface area contributed by atoms with Crippen molar-refractivity contribution in [1.82, 2.24) is 0 Å². The van der Waals surface area contributed by atoms with Crippen LogP contribution in [0.3, 0.4) is 0 Å². The molecule has 1 aliphatic rings. The third-order valence-electron chi connectivity index (χ3n) is 0.789. The second-order valence-corrected chi connectivity index (χ2v) is 1.35. The summed E-state index contributed by atoms with van der Waals surface area (Å²) in [6, 6.07) is 0. The summed E-state index contributed by atoms with van der Waals surface area (Å²) in [5.74, 6) is 0. The van der Waals surface area contributed by atoms with Gasteiger partial charge in [-0.15, -0.1) is 34.0 Å². The summed E-state index contributed by atoms with van der Waals surface area (Å²) in [5.41, 5.74) is 0. The molecule has 1 fully saturated rings. The van der Waals surface area contributed by atoms with Gasteiger partial charge >= 0.3 is 0 Å². The highest BCUT2D eigenvalue weighted by molar-refractivity contribution is 8.93. The van der Waals surface area contributed by atoms with Crippen molar-refractivity contribution in [3.8, 4) is 0 Å². The maximum atomic E-state index is 4.57. The van der Waals surface area contributed by atoms with E-state index >= 15 is 0 Å². The fraction of sp³-hybridized carbons (Fsp3) is 1.00. The summed E-state index contributed by atoms with van der Waals surface area (Å²) in [6.45, 7) is 1.56. The van der Waals surface area contributed by atoms with Gasteiger partial charge in [0.05, 0.1) is 13.2 Å². The van der Waals surface area contributed by atoms with Gasteiger partial charge in [-0.25, -0.2) is 9.78 Å². The Kier molecular flexibility index (Phi) is 11.5. The Morgan fingerprint density at radius 3 is 1.25 bits per heavy atom. The molecule has 1 heterocycles. The van der Waals surface area contributed by atoms with E-state index in [0.29, 0.717) is 0 Å². The third-order valence-corrected chi connectivity index (χ3v) is 0.789. The molecule has 0 N–H and O–H groups in total. The Labute approximate surface area is 70.0 Å². The lowest BCUT2D eigenvalue weighted by Crippen LogP contribution is -2.05. The van der Waals surface area contributed by atoms with E-state index in [4.69, 9.17) is 0 Å². The summed E-state index contributed by atoms with van der Waals surface area (Å²) in [5, 5.41) is 0. The molecule has 0 aliphatic carbocycles. The van der Waals surface area contributed by atoms with Gasteiger partial charge in [0.25, 0.3) is 0 Å². The van der Waals surface area contributed by atoms with Gasteiger partial charge in [-0.05, 0) is 12.8 Å². The van der Waals surface area contributed by atoms with Gasteiger partial charge < -0.3 is 0 Å². The van der Waals surface area contributed by atoms with Gasteiger partial charge in [0.15, 0.2) is 0 Å². The summed E-state index contributed by atoms with van der Waals surface area (Å²) in [6.07, 6.45) is 2.31. The first-order valence-electron chi connectivity index (χ1n) is 2.24. The molecule has 0 amide bonds. The largest absolute Gasteiger partial charge is 0.237 e. The predicted octanol–water partition coefficient (Wildman–Crippen LogP) is 1.88. The SMILES string of the molecule is Br.Br.C1CCOOC1. The van der Waals surface area contributed by atoms with E-state index in [1.54, 1.807) is 0 Å². The van der Waals surface area contributed by atoms with Crippen LogP contribution >= 0.6 is 34.0 Å². The number of hydrogen-bond donors (Lipinski definition) is 0. The van der Waals surface area contributed by atoms with E-state index < -0.39 is 0 Å². The first-order chi connectivity index (χ1) is 3.00. The smallest absolute Gasteiger partial charge is 0.0823 e. The van der Waals surface area contributed by atoms with Gasteiger partial charge in [-0.2, -0.15) is 0 Å². The molecule has 0 aromatic heterocycles. The summed E-state index contributed by atoms with van der Waals surface area (Å²) >= 11 is 0. The highest BCUT2D eigenvalue weighted by atomic mass is 79.9. The lowest BCUT2D eigenvalue weighted by atomic mass is 10.3. The zero-order valence-electron chi connectivity index (χ0n) is 4.46. The fourth-order valence-corrected chi connectivity index (χ4v) is 0.440. The van der Waals surface area contributed by atoms with Crippen LogP contribution in [0.4, 0.5) is 0 Å². The van der Waals surface area contributed by atoms with Crippen molar-refractivity contribution < 1.29 is 9.78 Å². The molecule has 0 unspecified atom stereocenters. The van der Waals surface area contributed by atoms with Crippen molar-refractivity contribution in [2.24, 2.45) is 0 Å². The van der Waals surface area contributed by atoms with Crippen molar-refractivity contribution in [3.05, 3.63) is 0 Å². The van der Waals surface area contributed by atoms with E-state index in [1.165, 1.54) is 0 Å². The highest BCUT2D eigenvalue weighted by Gasteiger charge is 1.95. The second-order valence-electron chi connectivity index (χ2n) is 1.35. The van der Waals surface area contributed by atoms with Crippen LogP contribution in [0.2, 0.25) is 0 Å². The first-order valence-corrected chi connectivity index (χ1v) is 2.24. The predicted molar refractivity (Wildman–Crippen MR) is 41.8 cm³/mol. The van der Waals surface area contributed by atoms with Crippen LogP contribution < -0.4 is 0 Å². The lowest BCUT2D eigenvalue weighted by molar-refractivity contribution is -0.312. The highest BCUT2D eigenvalue weighted by Crippen LogP contribution is 1.97. The number of rotatable bonds is 0. The average Bonchev–Trinajstić information content (AvgIpc) is 1.72. The van der Waals surface area contributed by atoms with Crippen molar-refractivity contribution in [1.29, 1.82) is 0 Å². The standard InChI is InChI=1S/C4H8O2.2BrH/c1-2-4-6-5-3-1;;/h1-4H2;2*1H. The van der Waals surface area contributed by atoms with E-state index in [0.717, 1.165) is 26.1 Å². The Balaban J connectivity index is 0. The fourth-order valence-electron chi connectivity index (χ4n) is 0.440. The Morgan fingerprint density at radius 1 is 0.750 bits per heavy atom. The van der Waals surface area contributed by atoms with Crippen LogP contribution in [-0.4, -0.2) is 13.2 Å². The molecule has 2 nitrogen and oxygen atoms in total. The van der Waals surface area contributed by atoms with Crippen LogP contribution in [-0.2, 0) is 9.78 Å². The van der Waals surface area contributed by atoms with Gasteiger partial charge in [-0.1, -0.05) is 0 Å². The minimum Gasteiger partial charge on any atom is -0.237 e. The molecule has 1 rings (SSSR count). The molecule has 52 valence electrons. The molecule has 1 aliphatic heterocycles. The maximum absolute atomic E-state index is 4.57. The van der Waals surface area contributed by atoms with Crippen LogP contribution in [0.15, 0.2) is 0 Å². The minimum absolute atomic E-state index is 0. The monoisotopic (exact) mass is 248 g/mol. The van der Waals surface area contributed by atoms with Gasteiger partial charge in [0.1, 0.15) is 0 Å². The molecular formula is C4H10Br2O2. The van der Waals surface area contributed by atoms with E-state index in [-0.39, 0.29) is 34.0 Å². The molecule has 0 aromatic rings. The molecular weight excluding hydrogens is 240 g/mol. The molecule has 0 atom stereocenters. The molecule has 0 radical (unpaired) electrons. The number of hydrogen-bond acceptors (Lipinski definition) is 2. The van der Waals surface area contributed by atoms with Gasteiger partial charge in [-0.3, -0.25) is 0 Å². The van der Waals surface area contributed by atoms with Crippen molar-refractivity contribution in [3.63, 3.8) is 0 Å². The van der Waals surface area contributed by atoms with E-state index in [9.17, 15) is 0 Å². The van der Waals surface area contributed by atoms with Gasteiger partial charge in [0.2, 0.25) is 0 Å². The maximum Gasteiger partial charge on any atom is 0.0823 e. The van der Waals surface area contributed by atoms with Crippen LogP contribution in [0.5, 0.6) is 0 Å². The zero-order valence-corrected chi connectivity index (χ0v) is 7.89. The summed E-state index contributed by atoms with van der Waals surface area (Å²) in [4.78, 5) is 9.14. The second kappa shape index (κ2) is 7.88. The first kappa shape index (κ1) is 11.6. The zero-order chi connectivity index (χ0) is 4.24. The average molecular weight is 250 g/mol. The summed E-state index contributed by atoms with van der Waals surface area (Å²) < 4.78 is 0. The normalized spacial score (nSPS) is 18.0. The van der Waals surface area contributed by atoms with Crippen molar-refractivity contribution in [2.45, 2.75) is 12.8 Å². The Morgan fingerprint density at radius 2 is 1.12 bits per heavy atom. The molecule has 1 saturated heterocycles. The van der Waals surface area contributed by atoms with Crippen molar-refractivity contribution >= 4 is 34.0 Å². The molecule has 4 heteroatoms. The van der Waals surface area contributed by atoms with Crippen LogP contribution in [0, 0.1) is 0 Å². The van der Waals surface area contributed by atoms with Crippen LogP contribution in [0.1, 0.15) is 12.8 Å². The van der Waals surface area contributed by atoms with Crippen LogP contribution in [0.25, 0.3) is 0 Å². The molecule has 0 aromatic carbocycles. The Hall–Kier alpha value is 0.880. The quantitative estimate of drug-likeness (QED) is 0.611. The minimum atomic E-state index is 0. The Bertz CT molecular complexity index is 27.5. The molecule has 0 spiro atoms. The van der Waals surface area contributed by atoms with Crippen molar-refractivity contribution in [2.75, 3.05) is 13.2 Å². The van der Waals surface area contributed by atoms with Gasteiger partial charge in [0, 0.05) is 0 Å². The third kappa shape index (κ3) is 5.03. The van der Waals surface area contributed by atoms with E-state index in [2.05, 4.69) is 9.78 Å². The molecule has 8 heavy (non-hydrogen) atoms. The topological polar surface area (TPSA) is 18.5 Å². The molecule has 0 bridgehead atoms. The summed E-state index contributed by atoms with van der Waals surface area (Å²) in [7, 11) is 0. The number of halogens is 2. The van der Waals surface area contributed by atoms with E-state index in [1.807, 2.05) is 0 Å². The lowest BCUT2D eigenvalue weighted by Gasteiger charge is -2.07.